The summed E-state index contributed by atoms with van der Waals surface area (Å²) in [5.74, 6) is -0.271. The average molecular weight is 313 g/mol. The molecule has 0 N–H and O–H groups in total. The molecule has 20 heavy (non-hydrogen) atoms. The number of imidazole rings is 1. The van der Waals surface area contributed by atoms with Gasteiger partial charge < -0.3 is 0 Å². The first-order valence-corrected chi connectivity index (χ1v) is 6.69. The zero-order valence-corrected chi connectivity index (χ0v) is 11.6. The number of alkyl halides is 1. The van der Waals surface area contributed by atoms with E-state index in [-0.39, 0.29) is 10.9 Å². The Bertz CT molecular complexity index is 779. The van der Waals surface area contributed by atoms with Crippen LogP contribution in [0.2, 0.25) is 5.02 Å². The molecule has 0 aliphatic rings. The maximum atomic E-state index is 13.5. The van der Waals surface area contributed by atoms with Crippen LogP contribution >= 0.6 is 23.2 Å². The molecule has 0 saturated carbocycles. The summed E-state index contributed by atoms with van der Waals surface area (Å²) >= 11 is 11.7. The lowest BCUT2D eigenvalue weighted by atomic mass is 10.2. The molecule has 3 aromatic rings. The number of nitrogens with zero attached hydrogens (tertiary/aromatic N) is 2. The number of fused-ring (bicyclic) bond motifs is 1. The molecule has 0 aliphatic carbocycles. The van der Waals surface area contributed by atoms with Crippen molar-refractivity contribution < 1.29 is 8.78 Å². The molecule has 0 fully saturated rings. The van der Waals surface area contributed by atoms with E-state index in [2.05, 4.69) is 4.98 Å². The van der Waals surface area contributed by atoms with Crippen molar-refractivity contribution in [3.63, 3.8) is 0 Å². The van der Waals surface area contributed by atoms with E-state index in [1.165, 1.54) is 24.3 Å². The topological polar surface area (TPSA) is 17.8 Å². The third-order valence-electron chi connectivity index (χ3n) is 2.91. The maximum absolute atomic E-state index is 13.5. The zero-order chi connectivity index (χ0) is 14.3. The summed E-state index contributed by atoms with van der Waals surface area (Å²) in [4.78, 5) is 4.31. The Morgan fingerprint density at radius 2 is 1.85 bits per heavy atom. The SMILES string of the molecule is Fc1cc(Cl)cc(-n2c(CCl)nc3ccc(F)cc32)c1. The molecule has 1 heterocycles. The highest BCUT2D eigenvalue weighted by molar-refractivity contribution is 6.30. The van der Waals surface area contributed by atoms with Crippen molar-refractivity contribution in [2.24, 2.45) is 0 Å². The van der Waals surface area contributed by atoms with Crippen molar-refractivity contribution in [1.29, 1.82) is 0 Å². The van der Waals surface area contributed by atoms with Crippen molar-refractivity contribution in [3.8, 4) is 5.69 Å². The first-order chi connectivity index (χ1) is 9.58. The van der Waals surface area contributed by atoms with Crippen molar-refractivity contribution in [1.82, 2.24) is 9.55 Å². The van der Waals surface area contributed by atoms with Crippen LogP contribution in [0, 0.1) is 11.6 Å². The third-order valence-corrected chi connectivity index (χ3v) is 3.37. The Kier molecular flexibility index (Phi) is 3.36. The van der Waals surface area contributed by atoms with Gasteiger partial charge in [0, 0.05) is 11.1 Å². The van der Waals surface area contributed by atoms with Crippen LogP contribution in [0.25, 0.3) is 16.7 Å². The predicted octanol–water partition coefficient (Wildman–Crippen LogP) is 4.70. The lowest BCUT2D eigenvalue weighted by molar-refractivity contribution is 0.626. The number of halogens is 4. The standard InChI is InChI=1S/C14H8Cl2F2N2/c15-7-14-19-12-2-1-9(17)6-13(12)20(14)11-4-8(16)3-10(18)5-11/h1-6H,7H2. The smallest absolute Gasteiger partial charge is 0.129 e. The van der Waals surface area contributed by atoms with Gasteiger partial charge in [0.2, 0.25) is 0 Å². The first kappa shape index (κ1) is 13.3. The first-order valence-electron chi connectivity index (χ1n) is 5.78. The molecule has 0 amide bonds. The molecular formula is C14H8Cl2F2N2. The van der Waals surface area contributed by atoms with Gasteiger partial charge in [-0.2, -0.15) is 0 Å². The summed E-state index contributed by atoms with van der Waals surface area (Å²) in [5.41, 5.74) is 1.56. The van der Waals surface area contributed by atoms with E-state index in [4.69, 9.17) is 23.2 Å². The van der Waals surface area contributed by atoms with Gasteiger partial charge in [0.15, 0.2) is 0 Å². The maximum Gasteiger partial charge on any atom is 0.129 e. The molecule has 0 atom stereocenters. The van der Waals surface area contributed by atoms with E-state index in [9.17, 15) is 8.78 Å². The van der Waals surface area contributed by atoms with Crippen LogP contribution in [0.1, 0.15) is 5.82 Å². The molecule has 0 saturated heterocycles. The molecule has 6 heteroatoms. The quantitative estimate of drug-likeness (QED) is 0.627. The fourth-order valence-corrected chi connectivity index (χ4v) is 2.54. The van der Waals surface area contributed by atoms with Crippen molar-refractivity contribution >= 4 is 34.2 Å². The van der Waals surface area contributed by atoms with E-state index in [0.29, 0.717) is 22.5 Å². The molecule has 102 valence electrons. The van der Waals surface area contributed by atoms with Crippen LogP contribution in [0.5, 0.6) is 0 Å². The van der Waals surface area contributed by atoms with Crippen LogP contribution in [0.15, 0.2) is 36.4 Å². The number of rotatable bonds is 2. The van der Waals surface area contributed by atoms with Gasteiger partial charge in [-0.1, -0.05) is 11.6 Å². The fourth-order valence-electron chi connectivity index (χ4n) is 2.14. The number of aromatic nitrogens is 2. The molecule has 0 unspecified atom stereocenters. The zero-order valence-electron chi connectivity index (χ0n) is 10.1. The molecule has 2 nitrogen and oxygen atoms in total. The van der Waals surface area contributed by atoms with Crippen molar-refractivity contribution in [3.05, 3.63) is 58.9 Å². The van der Waals surface area contributed by atoms with Gasteiger partial charge in [-0.05, 0) is 30.3 Å². The normalized spacial score (nSPS) is 11.2. The number of hydrogen-bond acceptors (Lipinski definition) is 1. The Morgan fingerprint density at radius 1 is 1.05 bits per heavy atom. The minimum atomic E-state index is -0.480. The molecule has 0 radical (unpaired) electrons. The molecule has 3 rings (SSSR count). The fraction of sp³-hybridized carbons (Fsp3) is 0.0714. The lowest BCUT2D eigenvalue weighted by Gasteiger charge is -2.08. The van der Waals surface area contributed by atoms with E-state index in [1.54, 1.807) is 16.7 Å². The summed E-state index contributed by atoms with van der Waals surface area (Å²) in [6, 6.07) is 8.28. The summed E-state index contributed by atoms with van der Waals surface area (Å²) in [6.07, 6.45) is 0. The highest BCUT2D eigenvalue weighted by Crippen LogP contribution is 2.26. The van der Waals surface area contributed by atoms with Crippen molar-refractivity contribution in [2.45, 2.75) is 5.88 Å². The van der Waals surface area contributed by atoms with Gasteiger partial charge in [-0.15, -0.1) is 11.6 Å². The Hall–Kier alpha value is -1.65. The number of benzene rings is 2. The average Bonchev–Trinajstić information content (AvgIpc) is 2.75. The highest BCUT2D eigenvalue weighted by Gasteiger charge is 2.13. The minimum absolute atomic E-state index is 0.116. The summed E-state index contributed by atoms with van der Waals surface area (Å²) in [7, 11) is 0. The van der Waals surface area contributed by atoms with E-state index in [1.807, 2.05) is 0 Å². The van der Waals surface area contributed by atoms with E-state index >= 15 is 0 Å². The van der Waals surface area contributed by atoms with Gasteiger partial charge >= 0.3 is 0 Å². The molecule has 2 aromatic carbocycles. The lowest BCUT2D eigenvalue weighted by Crippen LogP contribution is -2.00. The Labute approximate surface area is 123 Å². The van der Waals surface area contributed by atoms with Gasteiger partial charge in [-0.3, -0.25) is 4.57 Å². The summed E-state index contributed by atoms with van der Waals surface area (Å²) < 4.78 is 28.5. The van der Waals surface area contributed by atoms with Crippen LogP contribution in [0.3, 0.4) is 0 Å². The van der Waals surface area contributed by atoms with Gasteiger partial charge in [0.1, 0.15) is 17.5 Å². The van der Waals surface area contributed by atoms with Crippen molar-refractivity contribution in [2.75, 3.05) is 0 Å². The Balaban J connectivity index is 2.35. The van der Waals surface area contributed by atoms with Gasteiger partial charge in [0.25, 0.3) is 0 Å². The molecule has 0 aliphatic heterocycles. The van der Waals surface area contributed by atoms with Crippen LogP contribution in [-0.4, -0.2) is 9.55 Å². The second-order valence-electron chi connectivity index (χ2n) is 4.26. The number of hydrogen-bond donors (Lipinski definition) is 0. The van der Waals surface area contributed by atoms with Gasteiger partial charge in [-0.25, -0.2) is 13.8 Å². The third kappa shape index (κ3) is 2.25. The second kappa shape index (κ2) is 5.04. The molecule has 0 bridgehead atoms. The van der Waals surface area contributed by atoms with E-state index < -0.39 is 11.6 Å². The molecule has 0 spiro atoms. The highest BCUT2D eigenvalue weighted by atomic mass is 35.5. The molecule has 1 aromatic heterocycles. The predicted molar refractivity (Wildman–Crippen MR) is 75.6 cm³/mol. The van der Waals surface area contributed by atoms with Crippen LogP contribution in [0.4, 0.5) is 8.78 Å². The molecular weight excluding hydrogens is 305 g/mol. The monoisotopic (exact) mass is 312 g/mol. The second-order valence-corrected chi connectivity index (χ2v) is 4.96. The van der Waals surface area contributed by atoms with Crippen LogP contribution < -0.4 is 0 Å². The minimum Gasteiger partial charge on any atom is -0.295 e. The van der Waals surface area contributed by atoms with E-state index in [0.717, 1.165) is 0 Å². The largest absolute Gasteiger partial charge is 0.295 e. The van der Waals surface area contributed by atoms with Crippen LogP contribution in [-0.2, 0) is 5.88 Å². The summed E-state index contributed by atoms with van der Waals surface area (Å²) in [5, 5.41) is 0.249. The van der Waals surface area contributed by atoms with Gasteiger partial charge in [0.05, 0.1) is 22.6 Å². The Morgan fingerprint density at radius 3 is 2.55 bits per heavy atom. The summed E-state index contributed by atoms with van der Waals surface area (Å²) in [6.45, 7) is 0.